The van der Waals surface area contributed by atoms with Crippen molar-refractivity contribution >= 4 is 58.1 Å². The van der Waals surface area contributed by atoms with Gasteiger partial charge in [-0.15, -0.1) is 0 Å². The molecule has 2 amide bonds. The predicted molar refractivity (Wildman–Crippen MR) is 138 cm³/mol. The number of hydrogen-bond acceptors (Lipinski definition) is 5. The molecule has 0 bridgehead atoms. The first-order valence-corrected chi connectivity index (χ1v) is 11.6. The second kappa shape index (κ2) is 10.7. The fourth-order valence-electron chi connectivity index (χ4n) is 3.84. The Hall–Kier alpha value is -3.75. The van der Waals surface area contributed by atoms with Crippen LogP contribution in [0.5, 0.6) is 0 Å². The third-order valence-electron chi connectivity index (χ3n) is 5.55. The van der Waals surface area contributed by atoms with Gasteiger partial charge in [0.05, 0.1) is 24.8 Å². The molecule has 1 N–H and O–H groups in total. The van der Waals surface area contributed by atoms with Gasteiger partial charge >= 0.3 is 5.97 Å². The van der Waals surface area contributed by atoms with Gasteiger partial charge in [-0.05, 0) is 60.2 Å². The van der Waals surface area contributed by atoms with Crippen molar-refractivity contribution in [2.24, 2.45) is 0 Å². The summed E-state index contributed by atoms with van der Waals surface area (Å²) in [6.45, 7) is 0.369. The maximum absolute atomic E-state index is 13.5. The number of benzene rings is 3. The number of ether oxygens (including phenoxy) is 1. The lowest BCUT2D eigenvalue weighted by Crippen LogP contribution is -2.37. The molecular formula is C26H22ClN3O4S. The van der Waals surface area contributed by atoms with Crippen molar-refractivity contribution in [2.45, 2.75) is 19.0 Å². The van der Waals surface area contributed by atoms with Gasteiger partial charge in [0.15, 0.2) is 5.11 Å². The van der Waals surface area contributed by atoms with Gasteiger partial charge in [0.1, 0.15) is 6.04 Å². The van der Waals surface area contributed by atoms with Crippen molar-refractivity contribution in [1.29, 1.82) is 0 Å². The lowest BCUT2D eigenvalue weighted by Gasteiger charge is -2.24. The number of methoxy groups -OCH3 is 1. The zero-order valence-electron chi connectivity index (χ0n) is 18.8. The standard InChI is InChI=1S/C26H22ClN3O4S/c1-34-25(33)18-10-12-20(13-11-18)28-23(31)15-22-24(32)30(21-9-5-8-19(27)14-21)26(35)29(22)16-17-6-3-2-4-7-17/h2-14,22H,15-16H2,1H3,(H,28,31)/t22-/m1/s1. The van der Waals surface area contributed by atoms with Crippen molar-refractivity contribution in [3.05, 3.63) is 95.0 Å². The molecule has 1 aliphatic rings. The maximum atomic E-state index is 13.5. The maximum Gasteiger partial charge on any atom is 0.337 e. The van der Waals surface area contributed by atoms with Crippen molar-refractivity contribution < 1.29 is 19.1 Å². The Labute approximate surface area is 213 Å². The van der Waals surface area contributed by atoms with Gasteiger partial charge in [0.25, 0.3) is 5.91 Å². The average Bonchev–Trinajstić information content (AvgIpc) is 3.08. The summed E-state index contributed by atoms with van der Waals surface area (Å²) in [6, 6.07) is 22.0. The number of carbonyl (C=O) groups excluding carboxylic acids is 3. The second-order valence-electron chi connectivity index (χ2n) is 7.89. The average molecular weight is 508 g/mol. The minimum Gasteiger partial charge on any atom is -0.465 e. The van der Waals surface area contributed by atoms with Crippen LogP contribution in [0, 0.1) is 0 Å². The number of amides is 2. The molecule has 1 atom stereocenters. The van der Waals surface area contributed by atoms with Crippen LogP contribution in [0.3, 0.4) is 0 Å². The molecule has 1 saturated heterocycles. The van der Waals surface area contributed by atoms with E-state index in [9.17, 15) is 14.4 Å². The molecule has 9 heteroatoms. The largest absolute Gasteiger partial charge is 0.465 e. The molecule has 4 rings (SSSR count). The summed E-state index contributed by atoms with van der Waals surface area (Å²) in [5.41, 5.74) is 2.37. The number of thiocarbonyl (C=S) groups is 1. The van der Waals surface area contributed by atoms with Gasteiger partial charge in [-0.25, -0.2) is 4.79 Å². The van der Waals surface area contributed by atoms with Gasteiger partial charge in [-0.1, -0.05) is 48.0 Å². The van der Waals surface area contributed by atoms with Crippen LogP contribution in [0.2, 0.25) is 5.02 Å². The minimum atomic E-state index is -0.795. The Morgan fingerprint density at radius 2 is 1.74 bits per heavy atom. The number of halogens is 1. The third kappa shape index (κ3) is 5.50. The van der Waals surface area contributed by atoms with Gasteiger partial charge in [-0.2, -0.15) is 0 Å². The van der Waals surface area contributed by atoms with E-state index in [0.717, 1.165) is 5.56 Å². The predicted octanol–water partition coefficient (Wildman–Crippen LogP) is 4.66. The number of carbonyl (C=O) groups is 3. The molecule has 1 fully saturated rings. The second-order valence-corrected chi connectivity index (χ2v) is 8.69. The monoisotopic (exact) mass is 507 g/mol. The van der Waals surface area contributed by atoms with E-state index in [2.05, 4.69) is 10.1 Å². The molecule has 0 saturated carbocycles. The third-order valence-corrected chi connectivity index (χ3v) is 6.20. The fourth-order valence-corrected chi connectivity index (χ4v) is 4.41. The van der Waals surface area contributed by atoms with Crippen molar-refractivity contribution in [1.82, 2.24) is 4.90 Å². The Kier molecular flexibility index (Phi) is 7.43. The molecule has 35 heavy (non-hydrogen) atoms. The highest BCUT2D eigenvalue weighted by Gasteiger charge is 2.44. The molecule has 0 spiro atoms. The SMILES string of the molecule is COC(=O)c1ccc(NC(=O)C[C@@H]2C(=O)N(c3cccc(Cl)c3)C(=S)N2Cc2ccccc2)cc1. The summed E-state index contributed by atoms with van der Waals surface area (Å²) in [5.74, 6) is -1.13. The van der Waals surface area contributed by atoms with Crippen LogP contribution in [0.1, 0.15) is 22.3 Å². The van der Waals surface area contributed by atoms with Crippen LogP contribution in [-0.4, -0.2) is 40.9 Å². The van der Waals surface area contributed by atoms with Crippen LogP contribution in [-0.2, 0) is 20.9 Å². The molecule has 7 nitrogen and oxygen atoms in total. The molecule has 1 heterocycles. The molecule has 0 aliphatic carbocycles. The van der Waals surface area contributed by atoms with Crippen LogP contribution < -0.4 is 10.2 Å². The highest BCUT2D eigenvalue weighted by atomic mass is 35.5. The summed E-state index contributed by atoms with van der Waals surface area (Å²) < 4.78 is 4.69. The number of hydrogen-bond donors (Lipinski definition) is 1. The quantitative estimate of drug-likeness (QED) is 0.370. The van der Waals surface area contributed by atoms with Crippen LogP contribution in [0.15, 0.2) is 78.9 Å². The Balaban J connectivity index is 1.56. The number of anilines is 2. The van der Waals surface area contributed by atoms with E-state index in [-0.39, 0.29) is 18.2 Å². The molecular weight excluding hydrogens is 486 g/mol. The summed E-state index contributed by atoms with van der Waals surface area (Å²) in [4.78, 5) is 41.2. The highest BCUT2D eigenvalue weighted by molar-refractivity contribution is 7.80. The normalized spacial score (nSPS) is 15.3. The summed E-state index contributed by atoms with van der Waals surface area (Å²) in [5, 5.41) is 3.57. The molecule has 1 aliphatic heterocycles. The van der Waals surface area contributed by atoms with Crippen LogP contribution >= 0.6 is 23.8 Å². The smallest absolute Gasteiger partial charge is 0.337 e. The van der Waals surface area contributed by atoms with Gasteiger partial charge < -0.3 is 15.0 Å². The number of nitrogens with zero attached hydrogens (tertiary/aromatic N) is 2. The highest BCUT2D eigenvalue weighted by Crippen LogP contribution is 2.30. The van der Waals surface area contributed by atoms with Crippen molar-refractivity contribution in [3.63, 3.8) is 0 Å². The minimum absolute atomic E-state index is 0.109. The lowest BCUT2D eigenvalue weighted by atomic mass is 10.1. The molecule has 0 aromatic heterocycles. The van der Waals surface area contributed by atoms with E-state index in [1.54, 1.807) is 53.4 Å². The molecule has 178 valence electrons. The Morgan fingerprint density at radius 3 is 2.40 bits per heavy atom. The number of esters is 1. The van der Waals surface area contributed by atoms with Crippen LogP contribution in [0.4, 0.5) is 11.4 Å². The fraction of sp³-hybridized carbons (Fsp3) is 0.154. The lowest BCUT2D eigenvalue weighted by molar-refractivity contribution is -0.124. The topological polar surface area (TPSA) is 78.9 Å². The Bertz CT molecular complexity index is 1270. The molecule has 0 unspecified atom stereocenters. The van der Waals surface area contributed by atoms with Crippen molar-refractivity contribution in [2.75, 3.05) is 17.3 Å². The van der Waals surface area contributed by atoms with E-state index >= 15 is 0 Å². The molecule has 3 aromatic carbocycles. The van der Waals surface area contributed by atoms with E-state index in [0.29, 0.717) is 33.6 Å². The van der Waals surface area contributed by atoms with E-state index < -0.39 is 12.0 Å². The van der Waals surface area contributed by atoms with E-state index in [1.165, 1.54) is 12.0 Å². The van der Waals surface area contributed by atoms with Gasteiger partial charge in [0, 0.05) is 17.3 Å². The summed E-state index contributed by atoms with van der Waals surface area (Å²) >= 11 is 11.8. The Morgan fingerprint density at radius 1 is 1.03 bits per heavy atom. The first-order chi connectivity index (χ1) is 16.9. The van der Waals surface area contributed by atoms with Crippen LogP contribution in [0.25, 0.3) is 0 Å². The first kappa shape index (κ1) is 24.4. The molecule has 3 aromatic rings. The van der Waals surface area contributed by atoms with Gasteiger partial charge in [0.2, 0.25) is 5.91 Å². The number of nitrogens with one attached hydrogen (secondary N) is 1. The summed E-state index contributed by atoms with van der Waals surface area (Å²) in [6.07, 6.45) is -0.109. The number of rotatable bonds is 7. The van der Waals surface area contributed by atoms with Crippen molar-refractivity contribution in [3.8, 4) is 0 Å². The zero-order valence-corrected chi connectivity index (χ0v) is 20.4. The van der Waals surface area contributed by atoms with E-state index in [1.807, 2.05) is 30.3 Å². The molecule has 0 radical (unpaired) electrons. The van der Waals surface area contributed by atoms with Gasteiger partial charge in [-0.3, -0.25) is 14.5 Å². The zero-order chi connectivity index (χ0) is 24.9. The first-order valence-electron chi connectivity index (χ1n) is 10.8. The summed E-state index contributed by atoms with van der Waals surface area (Å²) in [7, 11) is 1.30. The van der Waals surface area contributed by atoms with E-state index in [4.69, 9.17) is 23.8 Å².